The Labute approximate surface area is 126 Å². The molecule has 2 N–H and O–H groups in total. The molecule has 0 spiro atoms. The SMILES string of the molecule is OCc1ccc(CNc2ccc(F)cc2OCC(F)F)cc1. The van der Waals surface area contributed by atoms with Crippen LogP contribution in [0.2, 0.25) is 0 Å². The van der Waals surface area contributed by atoms with Crippen LogP contribution in [0, 0.1) is 5.82 Å². The number of aliphatic hydroxyl groups excluding tert-OH is 1. The third-order valence-electron chi connectivity index (χ3n) is 3.00. The number of ether oxygens (including phenoxy) is 1. The van der Waals surface area contributed by atoms with Gasteiger partial charge in [0.15, 0.2) is 0 Å². The van der Waals surface area contributed by atoms with E-state index in [4.69, 9.17) is 9.84 Å². The zero-order chi connectivity index (χ0) is 15.9. The Morgan fingerprint density at radius 2 is 1.73 bits per heavy atom. The first-order valence-electron chi connectivity index (χ1n) is 6.71. The lowest BCUT2D eigenvalue weighted by molar-refractivity contribution is 0.0821. The molecule has 2 aromatic carbocycles. The van der Waals surface area contributed by atoms with Gasteiger partial charge in [0.25, 0.3) is 6.43 Å². The van der Waals surface area contributed by atoms with Gasteiger partial charge < -0.3 is 15.2 Å². The highest BCUT2D eigenvalue weighted by atomic mass is 19.3. The molecule has 0 aliphatic heterocycles. The molecular formula is C16H16F3NO2. The summed E-state index contributed by atoms with van der Waals surface area (Å²) in [6.45, 7) is -0.400. The van der Waals surface area contributed by atoms with Crippen LogP contribution >= 0.6 is 0 Å². The average molecular weight is 311 g/mol. The molecule has 0 fully saturated rings. The van der Waals surface area contributed by atoms with Crippen LogP contribution < -0.4 is 10.1 Å². The summed E-state index contributed by atoms with van der Waals surface area (Å²) < 4.78 is 42.5. The number of halogens is 3. The summed E-state index contributed by atoms with van der Waals surface area (Å²) in [6, 6.07) is 11.0. The minimum Gasteiger partial charge on any atom is -0.485 e. The summed E-state index contributed by atoms with van der Waals surface area (Å²) in [5.74, 6) is -0.505. The zero-order valence-electron chi connectivity index (χ0n) is 11.7. The first-order chi connectivity index (χ1) is 10.6. The van der Waals surface area contributed by atoms with Crippen LogP contribution in [0.5, 0.6) is 5.75 Å². The van der Waals surface area contributed by atoms with E-state index in [0.717, 1.165) is 17.2 Å². The van der Waals surface area contributed by atoms with Crippen molar-refractivity contribution in [1.29, 1.82) is 0 Å². The van der Waals surface area contributed by atoms with E-state index in [-0.39, 0.29) is 12.4 Å². The minimum absolute atomic E-state index is 0.0305. The van der Waals surface area contributed by atoms with Gasteiger partial charge in [0.2, 0.25) is 0 Å². The van der Waals surface area contributed by atoms with Crippen LogP contribution in [0.15, 0.2) is 42.5 Å². The number of hydrogen-bond donors (Lipinski definition) is 2. The lowest BCUT2D eigenvalue weighted by Crippen LogP contribution is -2.09. The second-order valence-electron chi connectivity index (χ2n) is 4.67. The fraction of sp³-hybridized carbons (Fsp3) is 0.250. The molecule has 2 aromatic rings. The number of nitrogens with one attached hydrogen (secondary N) is 1. The van der Waals surface area contributed by atoms with Crippen LogP contribution in [0.3, 0.4) is 0 Å². The number of benzene rings is 2. The second kappa shape index (κ2) is 7.70. The number of rotatable bonds is 7. The van der Waals surface area contributed by atoms with Gasteiger partial charge in [-0.1, -0.05) is 24.3 Å². The van der Waals surface area contributed by atoms with Gasteiger partial charge in [-0.05, 0) is 23.3 Å². The number of aliphatic hydroxyl groups is 1. The van der Waals surface area contributed by atoms with Crippen LogP contribution in [0.1, 0.15) is 11.1 Å². The first kappa shape index (κ1) is 16.2. The third-order valence-corrected chi connectivity index (χ3v) is 3.00. The van der Waals surface area contributed by atoms with Crippen LogP contribution in [0.4, 0.5) is 18.9 Å². The Morgan fingerprint density at radius 3 is 2.36 bits per heavy atom. The van der Waals surface area contributed by atoms with Crippen molar-refractivity contribution in [3.63, 3.8) is 0 Å². The summed E-state index contributed by atoms with van der Waals surface area (Å²) in [6.07, 6.45) is -2.62. The number of anilines is 1. The number of hydrogen-bond acceptors (Lipinski definition) is 3. The molecule has 0 saturated carbocycles. The maximum Gasteiger partial charge on any atom is 0.272 e. The highest BCUT2D eigenvalue weighted by Crippen LogP contribution is 2.26. The van der Waals surface area contributed by atoms with Crippen molar-refractivity contribution in [2.75, 3.05) is 11.9 Å². The van der Waals surface area contributed by atoms with Crippen molar-refractivity contribution in [3.8, 4) is 5.75 Å². The Kier molecular flexibility index (Phi) is 5.66. The second-order valence-corrected chi connectivity index (χ2v) is 4.67. The lowest BCUT2D eigenvalue weighted by Gasteiger charge is -2.13. The molecule has 0 unspecified atom stereocenters. The fourth-order valence-electron chi connectivity index (χ4n) is 1.87. The molecule has 0 amide bonds. The summed E-state index contributed by atoms with van der Waals surface area (Å²) in [5, 5.41) is 12.0. The summed E-state index contributed by atoms with van der Waals surface area (Å²) >= 11 is 0. The molecule has 0 atom stereocenters. The third kappa shape index (κ3) is 4.66. The van der Waals surface area contributed by atoms with Crippen molar-refractivity contribution in [3.05, 3.63) is 59.4 Å². The predicted molar refractivity (Wildman–Crippen MR) is 77.6 cm³/mol. The molecule has 118 valence electrons. The van der Waals surface area contributed by atoms with Gasteiger partial charge in [-0.3, -0.25) is 0 Å². The maximum atomic E-state index is 13.2. The normalized spacial score (nSPS) is 10.8. The number of alkyl halides is 2. The molecule has 2 rings (SSSR count). The predicted octanol–water partition coefficient (Wildman–Crippen LogP) is 3.57. The Morgan fingerprint density at radius 1 is 1.05 bits per heavy atom. The van der Waals surface area contributed by atoms with Crippen LogP contribution in [-0.4, -0.2) is 18.1 Å². The minimum atomic E-state index is -2.62. The van der Waals surface area contributed by atoms with E-state index in [1.165, 1.54) is 12.1 Å². The molecule has 0 radical (unpaired) electrons. The Balaban J connectivity index is 2.04. The van der Waals surface area contributed by atoms with Crippen LogP contribution in [0.25, 0.3) is 0 Å². The van der Waals surface area contributed by atoms with Crippen molar-refractivity contribution >= 4 is 5.69 Å². The van der Waals surface area contributed by atoms with Gasteiger partial charge in [0.05, 0.1) is 12.3 Å². The van der Waals surface area contributed by atoms with E-state index < -0.39 is 18.8 Å². The Bertz CT molecular complexity index is 603. The standard InChI is InChI=1S/C16H16F3NO2/c17-13-5-6-14(15(7-13)22-10-16(18)19)20-8-11-1-3-12(9-21)4-2-11/h1-7,16,20-21H,8-10H2. The van der Waals surface area contributed by atoms with Crippen molar-refractivity contribution < 1.29 is 23.0 Å². The summed E-state index contributed by atoms with van der Waals surface area (Å²) in [5.41, 5.74) is 2.17. The van der Waals surface area contributed by atoms with Crippen molar-refractivity contribution in [1.82, 2.24) is 0 Å². The highest BCUT2D eigenvalue weighted by Gasteiger charge is 2.09. The van der Waals surface area contributed by atoms with Crippen LogP contribution in [-0.2, 0) is 13.2 Å². The molecule has 0 heterocycles. The summed E-state index contributed by atoms with van der Waals surface area (Å²) in [7, 11) is 0. The smallest absolute Gasteiger partial charge is 0.272 e. The average Bonchev–Trinajstić information content (AvgIpc) is 2.52. The molecule has 6 heteroatoms. The highest BCUT2D eigenvalue weighted by molar-refractivity contribution is 5.56. The largest absolute Gasteiger partial charge is 0.485 e. The molecule has 0 aliphatic carbocycles. The molecular weight excluding hydrogens is 295 g/mol. The van der Waals surface area contributed by atoms with E-state index >= 15 is 0 Å². The monoisotopic (exact) mass is 311 g/mol. The van der Waals surface area contributed by atoms with E-state index in [2.05, 4.69) is 5.32 Å². The van der Waals surface area contributed by atoms with Crippen molar-refractivity contribution in [2.24, 2.45) is 0 Å². The summed E-state index contributed by atoms with van der Waals surface area (Å²) in [4.78, 5) is 0. The van der Waals surface area contributed by atoms with E-state index in [9.17, 15) is 13.2 Å². The van der Waals surface area contributed by atoms with Crippen molar-refractivity contribution in [2.45, 2.75) is 19.6 Å². The molecule has 0 saturated heterocycles. The molecule has 3 nitrogen and oxygen atoms in total. The van der Waals surface area contributed by atoms with Gasteiger partial charge in [0.1, 0.15) is 18.2 Å². The quantitative estimate of drug-likeness (QED) is 0.821. The van der Waals surface area contributed by atoms with E-state index in [0.29, 0.717) is 12.2 Å². The topological polar surface area (TPSA) is 41.5 Å². The van der Waals surface area contributed by atoms with E-state index in [1.807, 2.05) is 12.1 Å². The van der Waals surface area contributed by atoms with Gasteiger partial charge in [0, 0.05) is 12.6 Å². The molecule has 22 heavy (non-hydrogen) atoms. The Hall–Kier alpha value is -2.21. The van der Waals surface area contributed by atoms with E-state index in [1.54, 1.807) is 12.1 Å². The van der Waals surface area contributed by atoms with Gasteiger partial charge in [-0.15, -0.1) is 0 Å². The molecule has 0 aliphatic rings. The molecule has 0 bridgehead atoms. The maximum absolute atomic E-state index is 13.2. The van der Waals surface area contributed by atoms with Gasteiger partial charge >= 0.3 is 0 Å². The lowest BCUT2D eigenvalue weighted by atomic mass is 10.1. The zero-order valence-corrected chi connectivity index (χ0v) is 11.7. The fourth-order valence-corrected chi connectivity index (χ4v) is 1.87. The van der Waals surface area contributed by atoms with Gasteiger partial charge in [-0.25, -0.2) is 13.2 Å². The molecule has 0 aromatic heterocycles. The first-order valence-corrected chi connectivity index (χ1v) is 6.71. The van der Waals surface area contributed by atoms with Gasteiger partial charge in [-0.2, -0.15) is 0 Å².